The minimum Gasteiger partial charge on any atom is -0.311 e. The molecule has 0 fully saturated rings. The molecular weight excluding hydrogens is 992 g/mol. The van der Waals surface area contributed by atoms with E-state index < -0.39 is 53.5 Å². The van der Waals surface area contributed by atoms with Gasteiger partial charge in [0.05, 0.1) is 41.3 Å². The van der Waals surface area contributed by atoms with Crippen LogP contribution in [0.3, 0.4) is 0 Å². The van der Waals surface area contributed by atoms with Crippen LogP contribution in [0, 0.1) is 16.2 Å². The molecule has 0 atom stereocenters. The molecule has 4 heterocycles. The summed E-state index contributed by atoms with van der Waals surface area (Å²) in [6.07, 6.45) is -1.51. The number of hydrogen-bond acceptors (Lipinski definition) is 2. The van der Waals surface area contributed by atoms with E-state index in [1.54, 1.807) is 9.13 Å². The highest BCUT2D eigenvalue weighted by Gasteiger charge is 2.44. The third-order valence-electron chi connectivity index (χ3n) is 15.9. The summed E-state index contributed by atoms with van der Waals surface area (Å²) < 4.78 is 157. The maximum absolute atomic E-state index is 10.2. The van der Waals surface area contributed by atoms with Gasteiger partial charge in [0, 0.05) is 69.8 Å². The van der Waals surface area contributed by atoms with Crippen LogP contribution in [0.2, 0.25) is 0 Å². The van der Waals surface area contributed by atoms with Gasteiger partial charge in [-0.2, -0.15) is 0 Å². The van der Waals surface area contributed by atoms with Crippen molar-refractivity contribution in [3.8, 4) is 11.4 Å². The molecule has 5 heteroatoms. The first-order valence-corrected chi connectivity index (χ1v) is 28.7. The Morgan fingerprint density at radius 1 is 0.378 bits per heavy atom. The summed E-state index contributed by atoms with van der Waals surface area (Å²) in [4.78, 5) is 4.24. The van der Waals surface area contributed by atoms with Gasteiger partial charge in [0.15, 0.2) is 0 Å². The van der Waals surface area contributed by atoms with Gasteiger partial charge < -0.3 is 18.9 Å². The van der Waals surface area contributed by atoms with Crippen molar-refractivity contribution in [2.75, 3.05) is 9.80 Å². The van der Waals surface area contributed by atoms with E-state index in [0.717, 1.165) is 27.5 Å². The van der Waals surface area contributed by atoms with Gasteiger partial charge >= 0.3 is 0 Å². The van der Waals surface area contributed by atoms with Crippen LogP contribution >= 0.6 is 0 Å². The summed E-state index contributed by atoms with van der Waals surface area (Å²) in [6, 6.07) is 27.4. The molecule has 0 spiro atoms. The van der Waals surface area contributed by atoms with Gasteiger partial charge in [-0.3, -0.25) is 0 Å². The fourth-order valence-corrected chi connectivity index (χ4v) is 12.4. The molecule has 2 aliphatic heterocycles. The summed E-state index contributed by atoms with van der Waals surface area (Å²) in [5.74, 6) is 0. The molecule has 0 saturated carbocycles. The molecular formula is C77H81BN4. The molecule has 4 nitrogen and oxygen atoms in total. The Balaban J connectivity index is 1.20. The molecule has 9 aromatic carbocycles. The van der Waals surface area contributed by atoms with E-state index >= 15 is 0 Å². The first-order valence-electron chi connectivity index (χ1n) is 36.7. The maximum Gasteiger partial charge on any atom is 0.252 e. The molecule has 13 rings (SSSR count). The summed E-state index contributed by atoms with van der Waals surface area (Å²) in [6.45, 7) is 29.6. The second-order valence-electron chi connectivity index (χ2n) is 28.2. The molecule has 0 aliphatic carbocycles. The van der Waals surface area contributed by atoms with Gasteiger partial charge in [-0.25, -0.2) is 0 Å². The number of anilines is 6. The average molecular weight is 1090 g/mol. The van der Waals surface area contributed by atoms with Crippen molar-refractivity contribution >= 4 is 101 Å². The van der Waals surface area contributed by atoms with Crippen molar-refractivity contribution in [3.05, 3.63) is 209 Å². The van der Waals surface area contributed by atoms with Gasteiger partial charge in [-0.1, -0.05) is 189 Å². The number of para-hydroxylation sites is 2. The fourth-order valence-electron chi connectivity index (χ4n) is 12.4. The lowest BCUT2D eigenvalue weighted by Crippen LogP contribution is -2.61. The van der Waals surface area contributed by atoms with Crippen LogP contribution in [0.5, 0.6) is 0 Å². The Labute approximate surface area is 511 Å². The van der Waals surface area contributed by atoms with Crippen LogP contribution in [0.15, 0.2) is 182 Å². The Morgan fingerprint density at radius 3 is 1.13 bits per heavy atom. The predicted octanol–water partition coefficient (Wildman–Crippen LogP) is 19.3. The lowest BCUT2D eigenvalue weighted by molar-refractivity contribution is 0.411. The molecule has 11 aromatic rings. The highest BCUT2D eigenvalue weighted by Crippen LogP contribution is 2.48. The summed E-state index contributed by atoms with van der Waals surface area (Å²) in [5.41, 5.74) is 7.90. The number of nitrogens with zero attached hydrogens (tertiary/aromatic N) is 4. The Kier molecular flexibility index (Phi) is 8.78. The van der Waals surface area contributed by atoms with E-state index in [4.69, 9.17) is 5.48 Å². The zero-order valence-corrected chi connectivity index (χ0v) is 50.0. The van der Waals surface area contributed by atoms with Gasteiger partial charge in [0.25, 0.3) is 6.71 Å². The molecule has 0 radical (unpaired) electrons. The Morgan fingerprint density at radius 2 is 0.756 bits per heavy atom. The van der Waals surface area contributed by atoms with Crippen LogP contribution in [0.25, 0.3) is 55.0 Å². The monoisotopic (exact) mass is 1090 g/mol. The van der Waals surface area contributed by atoms with Gasteiger partial charge in [0.1, 0.15) is 0 Å². The lowest BCUT2D eigenvalue weighted by Gasteiger charge is -2.45. The normalized spacial score (nSPS) is 16.8. The first-order chi connectivity index (χ1) is 45.4. The van der Waals surface area contributed by atoms with E-state index in [1.807, 2.05) is 135 Å². The number of rotatable bonds is 7. The highest BCUT2D eigenvalue weighted by molar-refractivity contribution is 7.00. The van der Waals surface area contributed by atoms with Gasteiger partial charge in [-0.05, 0) is 187 Å². The molecule has 412 valence electrons. The SMILES string of the molecule is [2H]c1c([2H])c([2H])c2c(c1[2H])c1c([2H])c(CC(C)(C)C)c([2H])c([2H])c1n2-c1ccc2c(c1)N(c1ccc(C(C)(C)C)cc1)c1cc(C([2H])([2H])C(C)(C)C)cc3c1B2c1ccc(-n2c4c([2H])c([2H])c([2H])c([2H])c4c4c([2H])c(CC(C)(C)C)c([2H])c([2H])c42)cc1N3c1ccc(C(C)(C)C)cc1. The first kappa shape index (κ1) is 38.1. The molecule has 0 N–H and O–H groups in total. The van der Waals surface area contributed by atoms with E-state index in [9.17, 15) is 16.4 Å². The van der Waals surface area contributed by atoms with Crippen molar-refractivity contribution in [2.24, 2.45) is 16.2 Å². The zero-order chi connectivity index (χ0) is 71.6. The molecule has 82 heavy (non-hydrogen) atoms. The molecule has 0 saturated heterocycles. The fraction of sp³-hybridized carbons (Fsp3) is 0.299. The largest absolute Gasteiger partial charge is 0.311 e. The zero-order valence-electron chi connectivity index (χ0n) is 66.0. The molecule has 0 amide bonds. The second-order valence-corrected chi connectivity index (χ2v) is 28.2. The third kappa shape index (κ3) is 9.43. The maximum atomic E-state index is 10.2. The van der Waals surface area contributed by atoms with Crippen LogP contribution in [0.4, 0.5) is 34.1 Å². The lowest BCUT2D eigenvalue weighted by atomic mass is 9.33. The van der Waals surface area contributed by atoms with Crippen molar-refractivity contribution in [3.63, 3.8) is 0 Å². The highest BCUT2D eigenvalue weighted by atomic mass is 15.2. The van der Waals surface area contributed by atoms with Crippen LogP contribution in [0.1, 0.15) is 154 Å². The van der Waals surface area contributed by atoms with Crippen molar-refractivity contribution in [1.29, 1.82) is 0 Å². The topological polar surface area (TPSA) is 16.3 Å². The summed E-state index contributed by atoms with van der Waals surface area (Å²) in [7, 11) is 0. The quantitative estimate of drug-likeness (QED) is 0.148. The van der Waals surface area contributed by atoms with Crippen molar-refractivity contribution in [2.45, 2.75) is 134 Å². The second kappa shape index (κ2) is 18.9. The molecule has 0 unspecified atom stereocenters. The number of fused-ring (bicyclic) bond motifs is 10. The summed E-state index contributed by atoms with van der Waals surface area (Å²) in [5, 5.41) is 0.387. The number of hydrogen-bond donors (Lipinski definition) is 0. The number of aromatic nitrogens is 2. The molecule has 2 aliphatic rings. The van der Waals surface area contributed by atoms with Gasteiger partial charge in [-0.15, -0.1) is 0 Å². The Bertz CT molecular complexity index is 4960. The molecule has 0 bridgehead atoms. The van der Waals surface area contributed by atoms with Crippen LogP contribution < -0.4 is 26.2 Å². The minimum atomic E-state index is -2.02. The van der Waals surface area contributed by atoms with E-state index in [-0.39, 0.29) is 128 Å². The van der Waals surface area contributed by atoms with E-state index in [0.29, 0.717) is 62.2 Å². The smallest absolute Gasteiger partial charge is 0.252 e. The number of benzene rings is 9. The average Bonchev–Trinajstić information content (AvgIpc) is 1.08. The minimum absolute atomic E-state index is 0.0374. The van der Waals surface area contributed by atoms with Crippen LogP contribution in [-0.2, 0) is 30.0 Å². The van der Waals surface area contributed by atoms with Crippen molar-refractivity contribution < 1.29 is 21.9 Å². The van der Waals surface area contributed by atoms with E-state index in [1.165, 1.54) is 0 Å². The predicted molar refractivity (Wildman–Crippen MR) is 356 cm³/mol. The standard InChI is InChI=1S/C77H81BN4/c1-73(2,3)46-49-24-38-66-60(40-49)58-20-16-18-22-64(58)81(66)56-34-36-62-68(44-56)79(54-30-26-52(27-31-54)76(10,11)12)70-42-51(48-75(7,8)9)43-71-72(70)78(62)63-37-35-57(45-69(63)80(71)55-32-28-53(29-33-55)77(13,14)15)82-65-23-19-17-21-59(65)61-41-50(25-39-67(61)82)47-74(4,5)6/h16-45H,46-48H2,1-15H3/i16D,17D,18D,19D,20D,21D,22D,23D,24D,25D,38D,39D,40D,41D,48D2. The summed E-state index contributed by atoms with van der Waals surface area (Å²) >= 11 is 0. The van der Waals surface area contributed by atoms with Gasteiger partial charge in [0.2, 0.25) is 0 Å². The third-order valence-corrected chi connectivity index (χ3v) is 15.9. The Hall–Kier alpha value is -7.76. The molecule has 2 aromatic heterocycles. The van der Waals surface area contributed by atoms with E-state index in [2.05, 4.69) is 75.6 Å². The van der Waals surface area contributed by atoms with Crippen LogP contribution in [-0.4, -0.2) is 15.8 Å². The van der Waals surface area contributed by atoms with Crippen molar-refractivity contribution in [1.82, 2.24) is 9.13 Å².